The van der Waals surface area contributed by atoms with Gasteiger partial charge in [0.15, 0.2) is 11.5 Å². The van der Waals surface area contributed by atoms with Crippen molar-refractivity contribution in [2.24, 2.45) is 0 Å². The molecule has 6 nitrogen and oxygen atoms in total. The summed E-state index contributed by atoms with van der Waals surface area (Å²) in [6.45, 7) is 0. The standard InChI is InChI=1S/C26H24N2O4/c1-29-24-14-13-23(25(30-2)26(24)32-22-8-4-6-19(28)16-22)17-9-11-20(12-10-17)31-21-7-3-5-18(27)15-21/h3-16H,27-28H2,1-2H3. The van der Waals surface area contributed by atoms with E-state index in [1.54, 1.807) is 32.4 Å². The summed E-state index contributed by atoms with van der Waals surface area (Å²) in [5, 5.41) is 0. The highest BCUT2D eigenvalue weighted by Gasteiger charge is 2.19. The van der Waals surface area contributed by atoms with Gasteiger partial charge in [-0.15, -0.1) is 0 Å². The van der Waals surface area contributed by atoms with Crippen molar-refractivity contribution in [3.05, 3.63) is 84.9 Å². The van der Waals surface area contributed by atoms with Crippen LogP contribution in [0.4, 0.5) is 11.4 Å². The molecular formula is C26H24N2O4. The van der Waals surface area contributed by atoms with Crippen LogP contribution in [-0.2, 0) is 0 Å². The van der Waals surface area contributed by atoms with E-state index in [1.165, 1.54) is 0 Å². The SMILES string of the molecule is COc1ccc(-c2ccc(Oc3cccc(N)c3)cc2)c(OC)c1Oc1cccc(N)c1. The van der Waals surface area contributed by atoms with Crippen LogP contribution in [0.2, 0.25) is 0 Å². The molecule has 0 radical (unpaired) electrons. The lowest BCUT2D eigenvalue weighted by Gasteiger charge is -2.18. The van der Waals surface area contributed by atoms with Crippen LogP contribution in [-0.4, -0.2) is 14.2 Å². The molecule has 4 aromatic carbocycles. The zero-order chi connectivity index (χ0) is 22.5. The van der Waals surface area contributed by atoms with E-state index in [1.807, 2.05) is 66.7 Å². The molecular weight excluding hydrogens is 404 g/mol. The number of rotatable bonds is 7. The third-order valence-corrected chi connectivity index (χ3v) is 4.84. The van der Waals surface area contributed by atoms with Crippen LogP contribution >= 0.6 is 0 Å². The number of anilines is 2. The molecule has 4 N–H and O–H groups in total. The molecule has 0 fully saturated rings. The number of ether oxygens (including phenoxy) is 4. The summed E-state index contributed by atoms with van der Waals surface area (Å²) in [5.41, 5.74) is 14.7. The van der Waals surface area contributed by atoms with Gasteiger partial charge in [0.1, 0.15) is 17.2 Å². The zero-order valence-electron chi connectivity index (χ0n) is 17.9. The second kappa shape index (κ2) is 9.22. The highest BCUT2D eigenvalue weighted by Crippen LogP contribution is 2.46. The van der Waals surface area contributed by atoms with Gasteiger partial charge in [-0.2, -0.15) is 0 Å². The van der Waals surface area contributed by atoms with Gasteiger partial charge in [0, 0.05) is 29.1 Å². The Morgan fingerprint density at radius 1 is 0.562 bits per heavy atom. The fourth-order valence-electron chi connectivity index (χ4n) is 3.34. The van der Waals surface area contributed by atoms with Crippen LogP contribution in [0.15, 0.2) is 84.9 Å². The van der Waals surface area contributed by atoms with Crippen LogP contribution < -0.4 is 30.4 Å². The lowest BCUT2D eigenvalue weighted by molar-refractivity contribution is 0.347. The minimum Gasteiger partial charge on any atom is -0.493 e. The van der Waals surface area contributed by atoms with Crippen molar-refractivity contribution in [3.63, 3.8) is 0 Å². The maximum absolute atomic E-state index is 6.11. The van der Waals surface area contributed by atoms with Gasteiger partial charge in [-0.3, -0.25) is 0 Å². The van der Waals surface area contributed by atoms with Crippen molar-refractivity contribution < 1.29 is 18.9 Å². The number of methoxy groups -OCH3 is 2. The van der Waals surface area contributed by atoms with Gasteiger partial charge in [-0.05, 0) is 54.1 Å². The number of hydrogen-bond acceptors (Lipinski definition) is 6. The van der Waals surface area contributed by atoms with Gasteiger partial charge >= 0.3 is 0 Å². The maximum atomic E-state index is 6.11. The smallest absolute Gasteiger partial charge is 0.211 e. The average molecular weight is 428 g/mol. The highest BCUT2D eigenvalue weighted by molar-refractivity contribution is 5.77. The quantitative estimate of drug-likeness (QED) is 0.345. The normalized spacial score (nSPS) is 10.4. The fourth-order valence-corrected chi connectivity index (χ4v) is 3.34. The summed E-state index contributed by atoms with van der Waals surface area (Å²) >= 11 is 0. The van der Waals surface area contributed by atoms with Gasteiger partial charge in [-0.25, -0.2) is 0 Å². The van der Waals surface area contributed by atoms with E-state index >= 15 is 0 Å². The lowest BCUT2D eigenvalue weighted by Crippen LogP contribution is -1.97. The van der Waals surface area contributed by atoms with Gasteiger partial charge in [0.25, 0.3) is 0 Å². The first-order valence-electron chi connectivity index (χ1n) is 9.99. The number of benzene rings is 4. The van der Waals surface area contributed by atoms with E-state index in [4.69, 9.17) is 30.4 Å². The molecule has 0 aliphatic carbocycles. The molecule has 0 spiro atoms. The van der Waals surface area contributed by atoms with Crippen LogP contribution in [0.25, 0.3) is 11.1 Å². The monoisotopic (exact) mass is 428 g/mol. The van der Waals surface area contributed by atoms with E-state index in [9.17, 15) is 0 Å². The summed E-state index contributed by atoms with van der Waals surface area (Å²) in [4.78, 5) is 0. The van der Waals surface area contributed by atoms with Crippen molar-refractivity contribution in [2.45, 2.75) is 0 Å². The molecule has 0 saturated carbocycles. The molecule has 0 atom stereocenters. The predicted octanol–water partition coefficient (Wildman–Crippen LogP) is 6.12. The Balaban J connectivity index is 1.67. The second-order valence-corrected chi connectivity index (χ2v) is 7.05. The molecule has 0 amide bonds. The average Bonchev–Trinajstić information content (AvgIpc) is 2.79. The first kappa shape index (κ1) is 20.9. The lowest BCUT2D eigenvalue weighted by atomic mass is 10.0. The summed E-state index contributed by atoms with van der Waals surface area (Å²) in [7, 11) is 3.19. The third kappa shape index (κ3) is 4.54. The van der Waals surface area contributed by atoms with Gasteiger partial charge in [0.2, 0.25) is 5.75 Å². The van der Waals surface area contributed by atoms with E-state index in [2.05, 4.69) is 0 Å². The van der Waals surface area contributed by atoms with Gasteiger partial charge in [0.05, 0.1) is 14.2 Å². The molecule has 0 aromatic heterocycles. The first-order valence-corrected chi connectivity index (χ1v) is 9.99. The van der Waals surface area contributed by atoms with Crippen LogP contribution in [0.1, 0.15) is 0 Å². The van der Waals surface area contributed by atoms with Crippen molar-refractivity contribution in [1.82, 2.24) is 0 Å². The zero-order valence-corrected chi connectivity index (χ0v) is 17.9. The second-order valence-electron chi connectivity index (χ2n) is 7.05. The Kier molecular flexibility index (Phi) is 6.03. The predicted molar refractivity (Wildman–Crippen MR) is 127 cm³/mol. The van der Waals surface area contributed by atoms with Crippen LogP contribution in [0, 0.1) is 0 Å². The Morgan fingerprint density at radius 2 is 1.19 bits per heavy atom. The molecule has 0 bridgehead atoms. The topological polar surface area (TPSA) is 89.0 Å². The van der Waals surface area contributed by atoms with Crippen molar-refractivity contribution in [2.75, 3.05) is 25.7 Å². The van der Waals surface area contributed by atoms with E-state index < -0.39 is 0 Å². The Morgan fingerprint density at radius 3 is 1.75 bits per heavy atom. The molecule has 4 aromatic rings. The molecule has 0 aliphatic rings. The molecule has 0 heterocycles. The number of nitrogen functional groups attached to an aromatic ring is 2. The molecule has 0 saturated heterocycles. The molecule has 162 valence electrons. The van der Waals surface area contributed by atoms with Gasteiger partial charge in [-0.1, -0.05) is 24.3 Å². The van der Waals surface area contributed by atoms with Gasteiger partial charge < -0.3 is 30.4 Å². The Labute approximate surface area is 186 Å². The van der Waals surface area contributed by atoms with E-state index in [-0.39, 0.29) is 0 Å². The first-order chi connectivity index (χ1) is 15.6. The number of hydrogen-bond donors (Lipinski definition) is 2. The molecule has 0 aliphatic heterocycles. The molecule has 0 unspecified atom stereocenters. The Bertz CT molecular complexity index is 1220. The highest BCUT2D eigenvalue weighted by atomic mass is 16.5. The van der Waals surface area contributed by atoms with E-state index in [0.717, 1.165) is 11.1 Å². The van der Waals surface area contributed by atoms with Crippen molar-refractivity contribution >= 4 is 11.4 Å². The third-order valence-electron chi connectivity index (χ3n) is 4.84. The van der Waals surface area contributed by atoms with Crippen LogP contribution in [0.5, 0.6) is 34.5 Å². The summed E-state index contributed by atoms with van der Waals surface area (Å²) < 4.78 is 23.2. The van der Waals surface area contributed by atoms with E-state index in [0.29, 0.717) is 45.9 Å². The minimum absolute atomic E-state index is 0.471. The molecule has 32 heavy (non-hydrogen) atoms. The minimum atomic E-state index is 0.471. The molecule has 6 heteroatoms. The fraction of sp³-hybridized carbons (Fsp3) is 0.0769. The maximum Gasteiger partial charge on any atom is 0.211 e. The van der Waals surface area contributed by atoms with Crippen molar-refractivity contribution in [3.8, 4) is 45.6 Å². The summed E-state index contributed by atoms with van der Waals surface area (Å²) in [6.07, 6.45) is 0. The summed E-state index contributed by atoms with van der Waals surface area (Å²) in [5.74, 6) is 3.54. The summed E-state index contributed by atoms with van der Waals surface area (Å²) in [6, 6.07) is 26.0. The van der Waals surface area contributed by atoms with Crippen LogP contribution in [0.3, 0.4) is 0 Å². The van der Waals surface area contributed by atoms with Crippen molar-refractivity contribution in [1.29, 1.82) is 0 Å². The largest absolute Gasteiger partial charge is 0.493 e. The molecule has 4 rings (SSSR count). The number of nitrogens with two attached hydrogens (primary N) is 2. The Hall–Kier alpha value is -4.32.